The van der Waals surface area contributed by atoms with Crippen LogP contribution in [0.4, 0.5) is 5.69 Å². The Labute approximate surface area is 106 Å². The standard InChI is InChI=1S/C12H18N2O2S/c1-9(17-2)7-14-12(15)8-16-11-6-4-3-5-10(11)13/h3-6,9H,7-8,13H2,1-2H3,(H,14,15). The van der Waals surface area contributed by atoms with Gasteiger partial charge in [0.25, 0.3) is 5.91 Å². The molecule has 0 saturated carbocycles. The third-order valence-electron chi connectivity index (χ3n) is 2.27. The highest BCUT2D eigenvalue weighted by atomic mass is 32.2. The minimum absolute atomic E-state index is 0.00465. The number of hydrogen-bond acceptors (Lipinski definition) is 4. The van der Waals surface area contributed by atoms with Gasteiger partial charge in [0.05, 0.1) is 5.69 Å². The lowest BCUT2D eigenvalue weighted by Crippen LogP contribution is -2.33. The van der Waals surface area contributed by atoms with E-state index in [2.05, 4.69) is 12.2 Å². The van der Waals surface area contributed by atoms with E-state index >= 15 is 0 Å². The number of rotatable bonds is 6. The molecule has 0 aliphatic carbocycles. The highest BCUT2D eigenvalue weighted by molar-refractivity contribution is 7.99. The van der Waals surface area contributed by atoms with Crippen molar-refractivity contribution < 1.29 is 9.53 Å². The third kappa shape index (κ3) is 4.99. The summed E-state index contributed by atoms with van der Waals surface area (Å²) in [7, 11) is 0. The van der Waals surface area contributed by atoms with Crippen LogP contribution in [0.15, 0.2) is 24.3 Å². The molecule has 1 atom stereocenters. The average molecular weight is 254 g/mol. The molecule has 0 heterocycles. The fourth-order valence-corrected chi connectivity index (χ4v) is 1.40. The lowest BCUT2D eigenvalue weighted by Gasteiger charge is -2.11. The van der Waals surface area contributed by atoms with Gasteiger partial charge in [-0.15, -0.1) is 0 Å². The van der Waals surface area contributed by atoms with Gasteiger partial charge in [0.2, 0.25) is 0 Å². The minimum Gasteiger partial charge on any atom is -0.482 e. The molecule has 0 fully saturated rings. The van der Waals surface area contributed by atoms with Crippen LogP contribution in [-0.4, -0.2) is 30.6 Å². The number of para-hydroxylation sites is 2. The SMILES string of the molecule is CSC(C)CNC(=O)COc1ccccc1N. The Morgan fingerprint density at radius 3 is 2.88 bits per heavy atom. The first-order valence-corrected chi connectivity index (χ1v) is 6.69. The Kier molecular flexibility index (Phi) is 5.69. The zero-order chi connectivity index (χ0) is 12.7. The van der Waals surface area contributed by atoms with Crippen molar-refractivity contribution in [3.63, 3.8) is 0 Å². The van der Waals surface area contributed by atoms with E-state index in [1.54, 1.807) is 23.9 Å². The monoisotopic (exact) mass is 254 g/mol. The number of nitrogens with one attached hydrogen (secondary N) is 1. The van der Waals surface area contributed by atoms with Crippen LogP contribution in [0.5, 0.6) is 5.75 Å². The van der Waals surface area contributed by atoms with Gasteiger partial charge in [0, 0.05) is 11.8 Å². The maximum Gasteiger partial charge on any atom is 0.257 e. The lowest BCUT2D eigenvalue weighted by molar-refractivity contribution is -0.123. The first-order valence-electron chi connectivity index (χ1n) is 5.40. The maximum atomic E-state index is 11.5. The quantitative estimate of drug-likeness (QED) is 0.755. The molecular formula is C12H18N2O2S. The minimum atomic E-state index is -0.130. The summed E-state index contributed by atoms with van der Waals surface area (Å²) >= 11 is 1.71. The number of carbonyl (C=O) groups excluding carboxylic acids is 1. The number of ether oxygens (including phenoxy) is 1. The van der Waals surface area contributed by atoms with Gasteiger partial charge in [0.15, 0.2) is 6.61 Å². The van der Waals surface area contributed by atoms with Crippen molar-refractivity contribution >= 4 is 23.4 Å². The van der Waals surface area contributed by atoms with Gasteiger partial charge in [0.1, 0.15) is 5.75 Å². The molecule has 3 N–H and O–H groups in total. The molecule has 1 aromatic rings. The number of amides is 1. The number of benzene rings is 1. The predicted octanol–water partition coefficient (Wildman–Crippen LogP) is 1.52. The maximum absolute atomic E-state index is 11.5. The molecular weight excluding hydrogens is 236 g/mol. The van der Waals surface area contributed by atoms with E-state index in [1.165, 1.54) is 0 Å². The third-order valence-corrected chi connectivity index (χ3v) is 3.24. The molecule has 94 valence electrons. The average Bonchev–Trinajstić information content (AvgIpc) is 2.35. The number of carbonyl (C=O) groups is 1. The van der Waals surface area contributed by atoms with E-state index in [9.17, 15) is 4.79 Å². The van der Waals surface area contributed by atoms with Gasteiger partial charge in [-0.2, -0.15) is 11.8 Å². The highest BCUT2D eigenvalue weighted by Gasteiger charge is 2.06. The second kappa shape index (κ2) is 7.06. The molecule has 0 aromatic heterocycles. The van der Waals surface area contributed by atoms with Gasteiger partial charge in [-0.25, -0.2) is 0 Å². The van der Waals surface area contributed by atoms with Gasteiger partial charge < -0.3 is 15.8 Å². The molecule has 17 heavy (non-hydrogen) atoms. The van der Waals surface area contributed by atoms with Gasteiger partial charge >= 0.3 is 0 Å². The molecule has 1 rings (SSSR count). The van der Waals surface area contributed by atoms with Crippen LogP contribution in [0.25, 0.3) is 0 Å². The molecule has 0 aliphatic heterocycles. The van der Waals surface area contributed by atoms with Crippen LogP contribution in [0.3, 0.4) is 0 Å². The van der Waals surface area contributed by atoms with E-state index < -0.39 is 0 Å². The predicted molar refractivity (Wildman–Crippen MR) is 72.3 cm³/mol. The molecule has 1 amide bonds. The van der Waals surface area contributed by atoms with Crippen LogP contribution < -0.4 is 15.8 Å². The number of nitrogen functional groups attached to an aromatic ring is 1. The molecule has 4 nitrogen and oxygen atoms in total. The van der Waals surface area contributed by atoms with Crippen molar-refractivity contribution in [2.45, 2.75) is 12.2 Å². The van der Waals surface area contributed by atoms with Crippen LogP contribution in [0.1, 0.15) is 6.92 Å². The molecule has 5 heteroatoms. The number of hydrogen-bond donors (Lipinski definition) is 2. The summed E-state index contributed by atoms with van der Waals surface area (Å²) in [6, 6.07) is 7.12. The van der Waals surface area contributed by atoms with E-state index in [1.807, 2.05) is 18.4 Å². The van der Waals surface area contributed by atoms with Crippen LogP contribution in [0.2, 0.25) is 0 Å². The molecule has 0 saturated heterocycles. The van der Waals surface area contributed by atoms with Crippen LogP contribution >= 0.6 is 11.8 Å². The summed E-state index contributed by atoms with van der Waals surface area (Å²) in [5, 5.41) is 3.20. The Balaban J connectivity index is 2.31. The number of nitrogens with two attached hydrogens (primary N) is 1. The van der Waals surface area contributed by atoms with Gasteiger partial charge in [-0.1, -0.05) is 19.1 Å². The Hall–Kier alpha value is -1.36. The smallest absolute Gasteiger partial charge is 0.257 e. The van der Waals surface area contributed by atoms with E-state index in [4.69, 9.17) is 10.5 Å². The summed E-state index contributed by atoms with van der Waals surface area (Å²) in [6.45, 7) is 2.70. The Morgan fingerprint density at radius 1 is 1.53 bits per heavy atom. The van der Waals surface area contributed by atoms with Crippen molar-refractivity contribution in [1.29, 1.82) is 0 Å². The summed E-state index contributed by atoms with van der Waals surface area (Å²) in [5.74, 6) is 0.412. The van der Waals surface area contributed by atoms with Crippen molar-refractivity contribution in [2.75, 3.05) is 25.1 Å². The van der Waals surface area contributed by atoms with Crippen molar-refractivity contribution in [1.82, 2.24) is 5.32 Å². The molecule has 1 aromatic carbocycles. The number of thioether (sulfide) groups is 1. The fraction of sp³-hybridized carbons (Fsp3) is 0.417. The van der Waals surface area contributed by atoms with Crippen molar-refractivity contribution in [3.05, 3.63) is 24.3 Å². The topological polar surface area (TPSA) is 64.3 Å². The molecule has 1 unspecified atom stereocenters. The first-order chi connectivity index (χ1) is 8.13. The Morgan fingerprint density at radius 2 is 2.24 bits per heavy atom. The molecule has 0 spiro atoms. The first kappa shape index (κ1) is 13.7. The molecule has 0 aliphatic rings. The summed E-state index contributed by atoms with van der Waals surface area (Å²) < 4.78 is 5.32. The van der Waals surface area contributed by atoms with Gasteiger partial charge in [-0.3, -0.25) is 4.79 Å². The zero-order valence-corrected chi connectivity index (χ0v) is 10.9. The van der Waals surface area contributed by atoms with E-state index in [-0.39, 0.29) is 12.5 Å². The summed E-state index contributed by atoms with van der Waals surface area (Å²) in [6.07, 6.45) is 2.01. The van der Waals surface area contributed by atoms with E-state index in [0.717, 1.165) is 0 Å². The molecule has 0 radical (unpaired) electrons. The van der Waals surface area contributed by atoms with Gasteiger partial charge in [-0.05, 0) is 18.4 Å². The van der Waals surface area contributed by atoms with Crippen LogP contribution in [0, 0.1) is 0 Å². The normalized spacial score (nSPS) is 11.9. The molecule has 0 bridgehead atoms. The highest BCUT2D eigenvalue weighted by Crippen LogP contribution is 2.19. The van der Waals surface area contributed by atoms with Crippen molar-refractivity contribution in [2.24, 2.45) is 0 Å². The summed E-state index contributed by atoms with van der Waals surface area (Å²) in [5.41, 5.74) is 6.23. The second-order valence-corrected chi connectivity index (χ2v) is 4.95. The Bertz CT molecular complexity index is 371. The van der Waals surface area contributed by atoms with Crippen LogP contribution in [-0.2, 0) is 4.79 Å². The fourth-order valence-electron chi connectivity index (χ4n) is 1.15. The summed E-state index contributed by atoms with van der Waals surface area (Å²) in [4.78, 5) is 11.5. The zero-order valence-electron chi connectivity index (χ0n) is 10.1. The lowest BCUT2D eigenvalue weighted by atomic mass is 10.3. The van der Waals surface area contributed by atoms with E-state index in [0.29, 0.717) is 23.2 Å². The number of anilines is 1. The largest absolute Gasteiger partial charge is 0.482 e. The van der Waals surface area contributed by atoms with Crippen molar-refractivity contribution in [3.8, 4) is 5.75 Å². The second-order valence-electron chi connectivity index (χ2n) is 3.68.